The van der Waals surface area contributed by atoms with Gasteiger partial charge in [0.25, 0.3) is 0 Å². The Labute approximate surface area is 105 Å². The fourth-order valence-electron chi connectivity index (χ4n) is 3.60. The van der Waals surface area contributed by atoms with E-state index in [0.29, 0.717) is 17.8 Å². The highest BCUT2D eigenvalue weighted by atomic mass is 16.5. The molecule has 1 aliphatic heterocycles. The Hall–Kier alpha value is -0.370. The lowest BCUT2D eigenvalue weighted by Crippen LogP contribution is -2.31. The number of ether oxygens (including phenoxy) is 1. The van der Waals surface area contributed by atoms with E-state index in [1.54, 1.807) is 0 Å². The van der Waals surface area contributed by atoms with Gasteiger partial charge in [0.2, 0.25) is 0 Å². The normalized spacial score (nSPS) is 36.8. The number of carbonyl (C=O) groups excluding carboxylic acids is 1. The highest BCUT2D eigenvalue weighted by Gasteiger charge is 2.47. The number of ketones is 1. The van der Waals surface area contributed by atoms with E-state index in [4.69, 9.17) is 4.74 Å². The third-order valence-corrected chi connectivity index (χ3v) is 4.52. The molecule has 4 atom stereocenters. The van der Waals surface area contributed by atoms with Gasteiger partial charge in [0.15, 0.2) is 0 Å². The monoisotopic (exact) mass is 238 g/mol. The van der Waals surface area contributed by atoms with E-state index in [1.807, 2.05) is 0 Å². The van der Waals surface area contributed by atoms with Crippen LogP contribution in [0.1, 0.15) is 65.2 Å². The van der Waals surface area contributed by atoms with Gasteiger partial charge >= 0.3 is 0 Å². The third kappa shape index (κ3) is 2.73. The third-order valence-electron chi connectivity index (χ3n) is 4.52. The van der Waals surface area contributed by atoms with Crippen LogP contribution in [-0.2, 0) is 9.53 Å². The van der Waals surface area contributed by atoms with Gasteiger partial charge < -0.3 is 4.74 Å². The zero-order chi connectivity index (χ0) is 12.3. The van der Waals surface area contributed by atoms with Gasteiger partial charge in [0.05, 0.1) is 12.2 Å². The summed E-state index contributed by atoms with van der Waals surface area (Å²) in [7, 11) is 0. The van der Waals surface area contributed by atoms with Crippen LogP contribution in [0.3, 0.4) is 0 Å². The van der Waals surface area contributed by atoms with Crippen molar-refractivity contribution in [2.75, 3.05) is 0 Å². The first-order chi connectivity index (χ1) is 8.27. The maximum Gasteiger partial charge on any atom is 0.138 e. The average Bonchev–Trinajstić information content (AvgIpc) is 2.74. The second kappa shape index (κ2) is 5.99. The first-order valence-corrected chi connectivity index (χ1v) is 7.46. The molecule has 1 heterocycles. The molecule has 0 unspecified atom stereocenters. The maximum atomic E-state index is 12.3. The Bertz CT molecular complexity index is 262. The summed E-state index contributed by atoms with van der Waals surface area (Å²) in [6, 6.07) is 0. The Kier molecular flexibility index (Phi) is 4.61. The van der Waals surface area contributed by atoms with Gasteiger partial charge in [-0.3, -0.25) is 4.79 Å². The molecule has 0 aromatic rings. The van der Waals surface area contributed by atoms with Gasteiger partial charge in [-0.2, -0.15) is 0 Å². The molecule has 2 heteroatoms. The van der Waals surface area contributed by atoms with E-state index in [9.17, 15) is 4.79 Å². The van der Waals surface area contributed by atoms with Crippen molar-refractivity contribution in [2.24, 2.45) is 11.8 Å². The summed E-state index contributed by atoms with van der Waals surface area (Å²) in [5, 5.41) is 0. The molecule has 2 rings (SSSR count). The van der Waals surface area contributed by atoms with Crippen molar-refractivity contribution in [1.29, 1.82) is 0 Å². The summed E-state index contributed by atoms with van der Waals surface area (Å²) >= 11 is 0. The Morgan fingerprint density at radius 1 is 1.24 bits per heavy atom. The lowest BCUT2D eigenvalue weighted by Gasteiger charge is -2.26. The lowest BCUT2D eigenvalue weighted by molar-refractivity contribution is -0.125. The molecule has 2 aliphatic rings. The molecule has 0 N–H and O–H groups in total. The highest BCUT2D eigenvalue weighted by Crippen LogP contribution is 2.43. The topological polar surface area (TPSA) is 26.3 Å². The van der Waals surface area contributed by atoms with Gasteiger partial charge in [0, 0.05) is 12.3 Å². The molecule has 0 spiro atoms. The van der Waals surface area contributed by atoms with E-state index in [2.05, 4.69) is 13.8 Å². The predicted molar refractivity (Wildman–Crippen MR) is 68.9 cm³/mol. The fraction of sp³-hybridized carbons (Fsp3) is 0.933. The number of rotatable bonds is 5. The molecule has 0 radical (unpaired) electrons. The Balaban J connectivity index is 2.03. The number of hydrogen-bond acceptors (Lipinski definition) is 2. The lowest BCUT2D eigenvalue weighted by atomic mass is 9.75. The standard InChI is InChI=1S/C15H26O2/c1-3-5-9-12(16)15-11-8-6-7-10-14(11)17-13(15)4-2/h11,13-15H,3-10H2,1-2H3/t11-,13-,14+,15-/m1/s1. The molecule has 1 saturated carbocycles. The van der Waals surface area contributed by atoms with E-state index < -0.39 is 0 Å². The molecule has 1 saturated heterocycles. The molecule has 0 aromatic carbocycles. The van der Waals surface area contributed by atoms with Crippen LogP contribution in [0.4, 0.5) is 0 Å². The average molecular weight is 238 g/mol. The molecule has 1 aliphatic carbocycles. The van der Waals surface area contributed by atoms with Crippen molar-refractivity contribution in [3.05, 3.63) is 0 Å². The minimum atomic E-state index is 0.215. The second-order valence-corrected chi connectivity index (χ2v) is 5.67. The highest BCUT2D eigenvalue weighted by molar-refractivity contribution is 5.82. The van der Waals surface area contributed by atoms with Crippen LogP contribution in [0, 0.1) is 11.8 Å². The molecule has 17 heavy (non-hydrogen) atoms. The second-order valence-electron chi connectivity index (χ2n) is 5.67. The maximum absolute atomic E-state index is 12.3. The number of fused-ring (bicyclic) bond motifs is 1. The van der Waals surface area contributed by atoms with Crippen molar-refractivity contribution in [2.45, 2.75) is 77.4 Å². The summed E-state index contributed by atoms with van der Waals surface area (Å²) in [5.74, 6) is 1.24. The molecule has 2 fully saturated rings. The van der Waals surface area contributed by atoms with Crippen LogP contribution < -0.4 is 0 Å². The quantitative estimate of drug-likeness (QED) is 0.729. The zero-order valence-corrected chi connectivity index (χ0v) is 11.3. The molecule has 0 aromatic heterocycles. The van der Waals surface area contributed by atoms with E-state index in [1.165, 1.54) is 25.7 Å². The summed E-state index contributed by atoms with van der Waals surface area (Å²) < 4.78 is 6.11. The Morgan fingerprint density at radius 2 is 2.00 bits per heavy atom. The van der Waals surface area contributed by atoms with Crippen LogP contribution in [-0.4, -0.2) is 18.0 Å². The first-order valence-electron chi connectivity index (χ1n) is 7.46. The molecule has 2 nitrogen and oxygen atoms in total. The molecule has 0 amide bonds. The predicted octanol–water partition coefficient (Wildman–Crippen LogP) is 3.73. The SMILES string of the molecule is CCCCC(=O)[C@H]1[C@@H]2CCCC[C@@H]2O[C@@H]1CC. The van der Waals surface area contributed by atoms with E-state index >= 15 is 0 Å². The summed E-state index contributed by atoms with van der Waals surface area (Å²) in [4.78, 5) is 12.3. The largest absolute Gasteiger partial charge is 0.374 e. The number of hydrogen-bond donors (Lipinski definition) is 0. The fourth-order valence-corrected chi connectivity index (χ4v) is 3.60. The Morgan fingerprint density at radius 3 is 2.71 bits per heavy atom. The van der Waals surface area contributed by atoms with Crippen LogP contribution in [0.15, 0.2) is 0 Å². The van der Waals surface area contributed by atoms with Crippen molar-refractivity contribution in [3.8, 4) is 0 Å². The summed E-state index contributed by atoms with van der Waals surface area (Å²) in [5.41, 5.74) is 0. The minimum Gasteiger partial charge on any atom is -0.374 e. The van der Waals surface area contributed by atoms with Crippen molar-refractivity contribution in [3.63, 3.8) is 0 Å². The zero-order valence-electron chi connectivity index (χ0n) is 11.3. The first kappa shape index (κ1) is 13.1. The minimum absolute atomic E-state index is 0.215. The number of Topliss-reactive ketones (excluding diaryl/α,β-unsaturated/α-hetero) is 1. The smallest absolute Gasteiger partial charge is 0.138 e. The van der Waals surface area contributed by atoms with Crippen LogP contribution >= 0.6 is 0 Å². The van der Waals surface area contributed by atoms with Gasteiger partial charge in [-0.25, -0.2) is 0 Å². The van der Waals surface area contributed by atoms with Crippen molar-refractivity contribution >= 4 is 5.78 Å². The van der Waals surface area contributed by atoms with Crippen molar-refractivity contribution < 1.29 is 9.53 Å². The molecule has 0 bridgehead atoms. The molecule has 98 valence electrons. The van der Waals surface area contributed by atoms with Gasteiger partial charge in [-0.1, -0.05) is 33.1 Å². The van der Waals surface area contributed by atoms with Gasteiger partial charge in [-0.15, -0.1) is 0 Å². The van der Waals surface area contributed by atoms with Gasteiger partial charge in [0.1, 0.15) is 5.78 Å². The van der Waals surface area contributed by atoms with Crippen LogP contribution in [0.25, 0.3) is 0 Å². The van der Waals surface area contributed by atoms with Crippen LogP contribution in [0.5, 0.6) is 0 Å². The van der Waals surface area contributed by atoms with Crippen molar-refractivity contribution in [1.82, 2.24) is 0 Å². The summed E-state index contributed by atoms with van der Waals surface area (Å²) in [6.45, 7) is 4.31. The number of carbonyl (C=O) groups is 1. The van der Waals surface area contributed by atoms with Crippen LogP contribution in [0.2, 0.25) is 0 Å². The van der Waals surface area contributed by atoms with Gasteiger partial charge in [-0.05, 0) is 31.6 Å². The van der Waals surface area contributed by atoms with E-state index in [-0.39, 0.29) is 12.0 Å². The van der Waals surface area contributed by atoms with E-state index in [0.717, 1.165) is 25.7 Å². The molecular weight excluding hydrogens is 212 g/mol. The summed E-state index contributed by atoms with van der Waals surface area (Å²) in [6.07, 6.45) is 9.50. The number of unbranched alkanes of at least 4 members (excludes halogenated alkanes) is 1. The molecular formula is C15H26O2.